The molecule has 0 aromatic heterocycles. The Labute approximate surface area is 148 Å². The Hall–Kier alpha value is -1.68. The van der Waals surface area contributed by atoms with Gasteiger partial charge >= 0.3 is 0 Å². The number of amides is 1. The van der Waals surface area contributed by atoms with Gasteiger partial charge in [-0.3, -0.25) is 4.79 Å². The molecule has 1 aliphatic rings. The highest BCUT2D eigenvalue weighted by molar-refractivity contribution is 7.89. The van der Waals surface area contributed by atoms with Gasteiger partial charge in [0.25, 0.3) is 5.91 Å². The summed E-state index contributed by atoms with van der Waals surface area (Å²) in [5, 5.41) is 2.65. The molecule has 0 aliphatic carbocycles. The summed E-state index contributed by atoms with van der Waals surface area (Å²) in [4.78, 5) is 11.8. The van der Waals surface area contributed by atoms with Gasteiger partial charge in [0.15, 0.2) is 6.61 Å². The standard InChI is InChI=1S/C16H24N2O6S/c1-13-11-14(25(20,21)18-6-9-23-10-7-18)3-4-15(13)24-12-16(19)17-5-8-22-2/h3-4,11H,5-10,12H2,1-2H3,(H,17,19). The number of rotatable bonds is 8. The van der Waals surface area contributed by atoms with Crippen molar-refractivity contribution in [2.24, 2.45) is 0 Å². The lowest BCUT2D eigenvalue weighted by molar-refractivity contribution is -0.123. The molecule has 1 heterocycles. The molecule has 8 nitrogen and oxygen atoms in total. The van der Waals surface area contributed by atoms with Gasteiger partial charge < -0.3 is 19.5 Å². The van der Waals surface area contributed by atoms with Crippen molar-refractivity contribution in [1.82, 2.24) is 9.62 Å². The second-order valence-corrected chi connectivity index (χ2v) is 7.51. The van der Waals surface area contributed by atoms with Gasteiger partial charge in [-0.1, -0.05) is 0 Å². The number of methoxy groups -OCH3 is 1. The molecule has 1 aromatic carbocycles. The summed E-state index contributed by atoms with van der Waals surface area (Å²) in [5.74, 6) is 0.212. The van der Waals surface area contributed by atoms with Crippen molar-refractivity contribution in [3.05, 3.63) is 23.8 Å². The Morgan fingerprint density at radius 2 is 2.04 bits per heavy atom. The smallest absolute Gasteiger partial charge is 0.258 e. The Kier molecular flexibility index (Phi) is 7.18. The van der Waals surface area contributed by atoms with Crippen molar-refractivity contribution < 1.29 is 27.4 Å². The minimum atomic E-state index is -3.54. The third-order valence-electron chi connectivity index (χ3n) is 3.74. The fourth-order valence-corrected chi connectivity index (χ4v) is 3.86. The van der Waals surface area contributed by atoms with E-state index in [2.05, 4.69) is 5.32 Å². The molecule has 9 heteroatoms. The number of ether oxygens (including phenoxy) is 3. The van der Waals surface area contributed by atoms with Crippen molar-refractivity contribution in [2.45, 2.75) is 11.8 Å². The molecule has 0 bridgehead atoms. The number of hydrogen-bond donors (Lipinski definition) is 1. The number of hydrogen-bond acceptors (Lipinski definition) is 6. The fraction of sp³-hybridized carbons (Fsp3) is 0.562. The highest BCUT2D eigenvalue weighted by Gasteiger charge is 2.26. The number of carbonyl (C=O) groups excluding carboxylic acids is 1. The number of nitrogens with one attached hydrogen (secondary N) is 1. The molecule has 1 fully saturated rings. The van der Waals surface area contributed by atoms with Crippen LogP contribution in [0.5, 0.6) is 5.75 Å². The van der Waals surface area contributed by atoms with Crippen LogP contribution in [0.2, 0.25) is 0 Å². The summed E-state index contributed by atoms with van der Waals surface area (Å²) in [7, 11) is -1.99. The van der Waals surface area contributed by atoms with Crippen molar-refractivity contribution >= 4 is 15.9 Å². The maximum Gasteiger partial charge on any atom is 0.258 e. The maximum atomic E-state index is 12.6. The third-order valence-corrected chi connectivity index (χ3v) is 5.64. The van der Waals surface area contributed by atoms with Crippen LogP contribution in [0.4, 0.5) is 0 Å². The largest absolute Gasteiger partial charge is 0.484 e. The first-order valence-electron chi connectivity index (χ1n) is 8.02. The number of carbonyl (C=O) groups is 1. The van der Waals surface area contributed by atoms with Crippen LogP contribution in [0.1, 0.15) is 5.56 Å². The monoisotopic (exact) mass is 372 g/mol. The van der Waals surface area contributed by atoms with Gasteiger partial charge in [0, 0.05) is 26.7 Å². The number of aryl methyl sites for hydroxylation is 1. The molecule has 0 spiro atoms. The third kappa shape index (κ3) is 5.40. The highest BCUT2D eigenvalue weighted by Crippen LogP contribution is 2.24. The van der Waals surface area contributed by atoms with Crippen LogP contribution in [-0.2, 0) is 24.3 Å². The van der Waals surface area contributed by atoms with Crippen LogP contribution < -0.4 is 10.1 Å². The van der Waals surface area contributed by atoms with Crippen LogP contribution in [0, 0.1) is 6.92 Å². The Morgan fingerprint density at radius 3 is 2.68 bits per heavy atom. The zero-order valence-corrected chi connectivity index (χ0v) is 15.3. The Balaban J connectivity index is 1.99. The van der Waals surface area contributed by atoms with Crippen LogP contribution in [-0.4, -0.2) is 71.8 Å². The molecule has 1 saturated heterocycles. The van der Waals surface area contributed by atoms with Gasteiger partial charge in [0.05, 0.1) is 24.7 Å². The van der Waals surface area contributed by atoms with Gasteiger partial charge in [-0.2, -0.15) is 4.31 Å². The molecule has 0 radical (unpaired) electrons. The van der Waals surface area contributed by atoms with E-state index >= 15 is 0 Å². The quantitative estimate of drug-likeness (QED) is 0.653. The summed E-state index contributed by atoms with van der Waals surface area (Å²) in [5.41, 5.74) is 0.652. The fourth-order valence-electron chi connectivity index (χ4n) is 2.37. The number of benzene rings is 1. The number of morpholine rings is 1. The lowest BCUT2D eigenvalue weighted by Gasteiger charge is -2.26. The van der Waals surface area contributed by atoms with Crippen molar-refractivity contribution in [3.8, 4) is 5.75 Å². The summed E-state index contributed by atoms with van der Waals surface area (Å²) >= 11 is 0. The van der Waals surface area contributed by atoms with E-state index in [1.807, 2.05) is 0 Å². The average molecular weight is 372 g/mol. The molecule has 1 N–H and O–H groups in total. The molecule has 0 atom stereocenters. The Morgan fingerprint density at radius 1 is 1.32 bits per heavy atom. The van der Waals surface area contributed by atoms with E-state index in [4.69, 9.17) is 14.2 Å². The molecule has 0 unspecified atom stereocenters. The zero-order valence-electron chi connectivity index (χ0n) is 14.5. The lowest BCUT2D eigenvalue weighted by Crippen LogP contribution is -2.40. The highest BCUT2D eigenvalue weighted by atomic mass is 32.2. The number of nitrogens with zero attached hydrogens (tertiary/aromatic N) is 1. The molecule has 140 valence electrons. The molecule has 0 saturated carbocycles. The van der Waals surface area contributed by atoms with Crippen molar-refractivity contribution in [3.63, 3.8) is 0 Å². The van der Waals surface area contributed by atoms with E-state index < -0.39 is 10.0 Å². The predicted octanol–water partition coefficient (Wildman–Crippen LogP) is 0.157. The van der Waals surface area contributed by atoms with Gasteiger partial charge in [-0.05, 0) is 30.7 Å². The van der Waals surface area contributed by atoms with Crippen LogP contribution in [0.3, 0.4) is 0 Å². The lowest BCUT2D eigenvalue weighted by atomic mass is 10.2. The van der Waals surface area contributed by atoms with E-state index in [9.17, 15) is 13.2 Å². The molecule has 1 amide bonds. The summed E-state index contributed by atoms with van der Waals surface area (Å²) in [6, 6.07) is 4.63. The summed E-state index contributed by atoms with van der Waals surface area (Å²) in [6.45, 7) is 3.95. The van der Waals surface area contributed by atoms with E-state index in [0.29, 0.717) is 50.8 Å². The van der Waals surface area contributed by atoms with E-state index in [0.717, 1.165) is 0 Å². The van der Waals surface area contributed by atoms with Crippen LogP contribution in [0.15, 0.2) is 23.1 Å². The predicted molar refractivity (Wildman–Crippen MR) is 91.1 cm³/mol. The van der Waals surface area contributed by atoms with Gasteiger partial charge in [-0.25, -0.2) is 8.42 Å². The topological polar surface area (TPSA) is 94.2 Å². The minimum absolute atomic E-state index is 0.139. The molecular formula is C16H24N2O6S. The average Bonchev–Trinajstić information content (AvgIpc) is 2.61. The van der Waals surface area contributed by atoms with E-state index in [1.165, 1.54) is 10.4 Å². The van der Waals surface area contributed by atoms with Crippen LogP contribution >= 0.6 is 0 Å². The van der Waals surface area contributed by atoms with Gasteiger partial charge in [0.1, 0.15) is 5.75 Å². The SMILES string of the molecule is COCCNC(=O)COc1ccc(S(=O)(=O)N2CCOCC2)cc1C. The normalized spacial score (nSPS) is 15.8. The van der Waals surface area contributed by atoms with Gasteiger partial charge in [0.2, 0.25) is 10.0 Å². The first-order chi connectivity index (χ1) is 11.9. The second kappa shape index (κ2) is 9.14. The minimum Gasteiger partial charge on any atom is -0.484 e. The number of sulfonamides is 1. The summed E-state index contributed by atoms with van der Waals surface area (Å²) in [6.07, 6.45) is 0. The first kappa shape index (κ1) is 19.6. The molecule has 1 aromatic rings. The van der Waals surface area contributed by atoms with Crippen LogP contribution in [0.25, 0.3) is 0 Å². The Bertz CT molecular complexity index is 686. The first-order valence-corrected chi connectivity index (χ1v) is 9.46. The maximum absolute atomic E-state index is 12.6. The van der Waals surface area contributed by atoms with Crippen molar-refractivity contribution in [2.75, 3.05) is 53.2 Å². The molecule has 1 aliphatic heterocycles. The van der Waals surface area contributed by atoms with E-state index in [1.54, 1.807) is 26.2 Å². The van der Waals surface area contributed by atoms with Gasteiger partial charge in [-0.15, -0.1) is 0 Å². The molecular weight excluding hydrogens is 348 g/mol. The second-order valence-electron chi connectivity index (χ2n) is 5.58. The van der Waals surface area contributed by atoms with E-state index in [-0.39, 0.29) is 17.4 Å². The molecule has 2 rings (SSSR count). The molecule has 25 heavy (non-hydrogen) atoms. The summed E-state index contributed by atoms with van der Waals surface area (Å²) < 4.78 is 42.1. The zero-order chi connectivity index (χ0) is 18.3. The van der Waals surface area contributed by atoms with Crippen molar-refractivity contribution in [1.29, 1.82) is 0 Å².